The van der Waals surface area contributed by atoms with Gasteiger partial charge in [-0.15, -0.1) is 0 Å². The fraction of sp³-hybridized carbons (Fsp3) is 0. The molecule has 0 fully saturated rings. The van der Waals surface area contributed by atoms with E-state index in [1.807, 2.05) is 5.54 Å². The summed E-state index contributed by atoms with van der Waals surface area (Å²) < 4.78 is 0. The summed E-state index contributed by atoms with van der Waals surface area (Å²) in [5, 5.41) is 0. The zero-order valence-corrected chi connectivity index (χ0v) is 5.60. The smallest absolute Gasteiger partial charge is 1.00 e. The second kappa shape index (κ2) is 19.5. The molecule has 0 atom stereocenters. The Morgan fingerprint density at radius 2 is 1.60 bits per heavy atom. The van der Waals surface area contributed by atoms with Crippen molar-refractivity contribution in [1.29, 1.82) is 0 Å². The molecule has 0 saturated heterocycles. The molecule has 0 unspecified atom stereocenters. The molecule has 0 radical (unpaired) electrons. The van der Waals surface area contributed by atoms with E-state index in [9.17, 15) is 0 Å². The summed E-state index contributed by atoms with van der Waals surface area (Å²) in [6.07, 6.45) is 0. The molecule has 0 N–H and O–H groups in total. The Hall–Kier alpha value is 1.09. The molecular formula is C2H2Cl2Mg. The maximum atomic E-state index is 4.64. The topological polar surface area (TPSA) is 0 Å². The fourth-order valence-corrected chi connectivity index (χ4v) is 0. The molecule has 0 amide bonds. The van der Waals surface area contributed by atoms with Crippen LogP contribution in [0.2, 0.25) is 0 Å². The molecule has 0 nitrogen and oxygen atoms in total. The van der Waals surface area contributed by atoms with E-state index in [4.69, 9.17) is 0 Å². The van der Waals surface area contributed by atoms with Gasteiger partial charge < -0.3 is 29.5 Å². The number of hydrogen-bond acceptors (Lipinski definition) is 0. The van der Waals surface area contributed by atoms with Gasteiger partial charge in [-0.2, -0.15) is 0 Å². The molecule has 26 valence electrons. The third kappa shape index (κ3) is 41.1. The molecular weight excluding hydrogens is 119 g/mol. The Balaban J connectivity index is -0.0000000200. The van der Waals surface area contributed by atoms with Crippen LogP contribution >= 0.6 is 11.6 Å². The van der Waals surface area contributed by atoms with Gasteiger partial charge in [-0.3, -0.25) is 6.58 Å². The first kappa shape index (κ1) is 16.5. The number of halogens is 2. The molecule has 0 aliphatic heterocycles. The third-order valence-electron chi connectivity index (χ3n) is 0. The van der Waals surface area contributed by atoms with E-state index in [0.717, 1.165) is 0 Å². The summed E-state index contributed by atoms with van der Waals surface area (Å²) in [5.41, 5.74) is 1.97. The number of hydrogen-bond donors (Lipinski definition) is 0. The summed E-state index contributed by atoms with van der Waals surface area (Å²) in [6, 6.07) is 0. The standard InChI is InChI=1S/C2H2Cl.ClH.Mg/c1-2-3;;/h1H2;1H;/q-1;;+2/p-1. The van der Waals surface area contributed by atoms with E-state index in [2.05, 4.69) is 18.2 Å². The zero-order valence-electron chi connectivity index (χ0n) is 2.67. The largest absolute Gasteiger partial charge is 2.00 e. The van der Waals surface area contributed by atoms with E-state index in [1.165, 1.54) is 0 Å². The molecule has 0 saturated carbocycles. The van der Waals surface area contributed by atoms with Crippen LogP contribution < -0.4 is 12.4 Å². The molecule has 0 aromatic carbocycles. The summed E-state index contributed by atoms with van der Waals surface area (Å²) in [5.74, 6) is 0. The van der Waals surface area contributed by atoms with Crippen molar-refractivity contribution in [3.8, 4) is 0 Å². The monoisotopic (exact) mass is 120 g/mol. The molecule has 0 rings (SSSR count). The SMILES string of the molecule is C=[C-]Cl.[Cl-].[Mg+2]. The van der Waals surface area contributed by atoms with Gasteiger partial charge in [-0.05, 0) is 0 Å². The maximum absolute atomic E-state index is 4.64. The van der Waals surface area contributed by atoms with Gasteiger partial charge in [0.1, 0.15) is 0 Å². The van der Waals surface area contributed by atoms with Crippen LogP contribution in [0.4, 0.5) is 0 Å². The van der Waals surface area contributed by atoms with Crippen LogP contribution in [0.1, 0.15) is 0 Å². The van der Waals surface area contributed by atoms with Crippen LogP contribution in [-0.4, -0.2) is 23.1 Å². The van der Waals surface area contributed by atoms with Gasteiger partial charge in [0.25, 0.3) is 0 Å². The van der Waals surface area contributed by atoms with Gasteiger partial charge in [0, 0.05) is 0 Å². The molecule has 0 aromatic rings. The van der Waals surface area contributed by atoms with Gasteiger partial charge in [-0.25, -0.2) is 0 Å². The first-order valence-corrected chi connectivity index (χ1v) is 0.921. The summed E-state index contributed by atoms with van der Waals surface area (Å²) >= 11 is 4.64. The van der Waals surface area contributed by atoms with Gasteiger partial charge in [0.05, 0.1) is 0 Å². The van der Waals surface area contributed by atoms with Gasteiger partial charge in [0.15, 0.2) is 0 Å². The molecule has 0 aliphatic carbocycles. The van der Waals surface area contributed by atoms with Gasteiger partial charge in [0.2, 0.25) is 0 Å². The van der Waals surface area contributed by atoms with Crippen molar-refractivity contribution >= 4 is 34.7 Å². The Labute approximate surface area is 59.1 Å². The number of rotatable bonds is 0. The first-order chi connectivity index (χ1) is 1.41. The van der Waals surface area contributed by atoms with Crippen LogP contribution in [-0.2, 0) is 0 Å². The minimum atomic E-state index is 0. The quantitative estimate of drug-likeness (QED) is 0.252. The van der Waals surface area contributed by atoms with Crippen LogP contribution in [0, 0.1) is 5.54 Å². The molecule has 0 spiro atoms. The van der Waals surface area contributed by atoms with Gasteiger partial charge in [-0.1, -0.05) is 0 Å². The Morgan fingerprint density at radius 3 is 1.60 bits per heavy atom. The summed E-state index contributed by atoms with van der Waals surface area (Å²) in [4.78, 5) is 0. The summed E-state index contributed by atoms with van der Waals surface area (Å²) in [7, 11) is 0. The fourth-order valence-electron chi connectivity index (χ4n) is 0. The predicted molar refractivity (Wildman–Crippen MR) is 20.5 cm³/mol. The van der Waals surface area contributed by atoms with E-state index >= 15 is 0 Å². The Bertz CT molecular complexity index is 15.1. The molecule has 0 aliphatic rings. The average molecular weight is 121 g/mol. The van der Waals surface area contributed by atoms with Crippen molar-refractivity contribution in [3.05, 3.63) is 12.1 Å². The van der Waals surface area contributed by atoms with Crippen molar-refractivity contribution in [3.63, 3.8) is 0 Å². The molecule has 5 heavy (non-hydrogen) atoms. The minimum Gasteiger partial charge on any atom is -1.00 e. The second-order valence-electron chi connectivity index (χ2n) is 0.134. The van der Waals surface area contributed by atoms with E-state index < -0.39 is 0 Å². The minimum absolute atomic E-state index is 0. The second-order valence-corrected chi connectivity index (χ2v) is 0.401. The molecule has 0 bridgehead atoms. The van der Waals surface area contributed by atoms with E-state index in [1.54, 1.807) is 0 Å². The third-order valence-corrected chi connectivity index (χ3v) is 0. The molecule has 3 heteroatoms. The Morgan fingerprint density at radius 1 is 1.60 bits per heavy atom. The Kier molecular flexibility index (Phi) is 64.5. The molecule has 0 heterocycles. The summed E-state index contributed by atoms with van der Waals surface area (Å²) in [6.45, 7) is 3.00. The van der Waals surface area contributed by atoms with Crippen LogP contribution in [0.5, 0.6) is 0 Å². The van der Waals surface area contributed by atoms with Gasteiger partial charge >= 0.3 is 23.1 Å². The average Bonchev–Trinajstić information content (AvgIpc) is 0.918. The van der Waals surface area contributed by atoms with Crippen molar-refractivity contribution in [2.75, 3.05) is 0 Å². The molecule has 0 aromatic heterocycles. The normalized spacial score (nSPS) is 2.60. The van der Waals surface area contributed by atoms with Crippen molar-refractivity contribution in [2.24, 2.45) is 0 Å². The first-order valence-electron chi connectivity index (χ1n) is 0.543. The van der Waals surface area contributed by atoms with Crippen molar-refractivity contribution in [1.82, 2.24) is 0 Å². The van der Waals surface area contributed by atoms with E-state index in [-0.39, 0.29) is 35.5 Å². The zero-order chi connectivity index (χ0) is 2.71. The van der Waals surface area contributed by atoms with Crippen molar-refractivity contribution < 1.29 is 12.4 Å². The van der Waals surface area contributed by atoms with E-state index in [0.29, 0.717) is 0 Å². The van der Waals surface area contributed by atoms with Crippen LogP contribution in [0.25, 0.3) is 0 Å². The van der Waals surface area contributed by atoms with Crippen molar-refractivity contribution in [2.45, 2.75) is 0 Å². The van der Waals surface area contributed by atoms with Crippen LogP contribution in [0.15, 0.2) is 6.58 Å². The maximum Gasteiger partial charge on any atom is 2.00 e. The predicted octanol–water partition coefficient (Wildman–Crippen LogP) is -2.20. The van der Waals surface area contributed by atoms with Crippen LogP contribution in [0.3, 0.4) is 0 Å².